The summed E-state index contributed by atoms with van der Waals surface area (Å²) in [6.07, 6.45) is 12.5. The molecule has 2 heterocycles. The number of rotatable bonds is 9. The molecule has 1 aromatic heterocycles. The van der Waals surface area contributed by atoms with Crippen molar-refractivity contribution in [3.8, 4) is 27.9 Å². The SMILES string of the molecule is C=C/C=C\C1=C(C)Sc2cc3c(cc2S1)C(C)(C)c1c-3ccc2c(C=C)c(/C=C\C)n(-c3ccc(-c4ccc(N(c5ccccc5)c5cccc6ccccc56)cc4)cc3)c12. The zero-order valence-corrected chi connectivity index (χ0v) is 36.6. The Bertz CT molecular complexity index is 3140. The van der Waals surface area contributed by atoms with E-state index in [1.807, 2.05) is 41.8 Å². The van der Waals surface area contributed by atoms with Crippen LogP contribution in [0.25, 0.3) is 61.8 Å². The molecule has 0 radical (unpaired) electrons. The summed E-state index contributed by atoms with van der Waals surface area (Å²) in [4.78, 5) is 7.59. The molecule has 0 amide bonds. The largest absolute Gasteiger partial charge is 0.310 e. The molecule has 296 valence electrons. The summed E-state index contributed by atoms with van der Waals surface area (Å²) in [6, 6.07) is 53.4. The van der Waals surface area contributed by atoms with Crippen molar-refractivity contribution in [3.63, 3.8) is 0 Å². The molecule has 0 unspecified atom stereocenters. The van der Waals surface area contributed by atoms with Gasteiger partial charge in [0.25, 0.3) is 0 Å². The minimum atomic E-state index is -0.235. The van der Waals surface area contributed by atoms with Crippen molar-refractivity contribution < 1.29 is 0 Å². The van der Waals surface area contributed by atoms with Crippen molar-refractivity contribution in [1.29, 1.82) is 0 Å². The first-order valence-corrected chi connectivity index (χ1v) is 22.5. The number of benzene rings is 7. The summed E-state index contributed by atoms with van der Waals surface area (Å²) in [6.45, 7) is 17.4. The van der Waals surface area contributed by atoms with Gasteiger partial charge in [-0.1, -0.05) is 166 Å². The van der Waals surface area contributed by atoms with Crippen molar-refractivity contribution in [2.75, 3.05) is 4.90 Å². The molecule has 0 spiro atoms. The van der Waals surface area contributed by atoms with Gasteiger partial charge >= 0.3 is 0 Å². The Balaban J connectivity index is 1.05. The van der Waals surface area contributed by atoms with Gasteiger partial charge in [0.2, 0.25) is 0 Å². The Hall–Kier alpha value is -6.46. The lowest BCUT2D eigenvalue weighted by atomic mass is 9.81. The molecule has 8 aromatic rings. The minimum Gasteiger partial charge on any atom is -0.310 e. The van der Waals surface area contributed by atoms with Gasteiger partial charge in [0.1, 0.15) is 0 Å². The maximum Gasteiger partial charge on any atom is 0.0588 e. The quantitative estimate of drug-likeness (QED) is 0.134. The minimum absolute atomic E-state index is 0.235. The van der Waals surface area contributed by atoms with E-state index in [1.165, 1.54) is 74.7 Å². The van der Waals surface area contributed by atoms with E-state index in [9.17, 15) is 0 Å². The summed E-state index contributed by atoms with van der Waals surface area (Å²) in [5, 5.41) is 3.66. The number of nitrogens with zero attached hydrogens (tertiary/aromatic N) is 2. The second-order valence-corrected chi connectivity index (χ2v) is 18.5. The Labute approximate surface area is 368 Å². The van der Waals surface area contributed by atoms with Gasteiger partial charge in [-0.3, -0.25) is 0 Å². The molecule has 2 nitrogen and oxygen atoms in total. The highest BCUT2D eigenvalue weighted by Gasteiger charge is 2.40. The molecule has 0 bridgehead atoms. The number of fused-ring (bicyclic) bond motifs is 7. The third kappa shape index (κ3) is 6.45. The van der Waals surface area contributed by atoms with E-state index in [0.717, 1.165) is 34.0 Å². The number of aromatic nitrogens is 1. The van der Waals surface area contributed by atoms with Gasteiger partial charge in [0.15, 0.2) is 0 Å². The van der Waals surface area contributed by atoms with Crippen molar-refractivity contribution in [1.82, 2.24) is 4.57 Å². The molecule has 2 aliphatic rings. The average molecular weight is 823 g/mol. The van der Waals surface area contributed by atoms with Crippen LogP contribution >= 0.6 is 23.5 Å². The van der Waals surface area contributed by atoms with E-state index in [-0.39, 0.29) is 5.41 Å². The van der Waals surface area contributed by atoms with E-state index in [4.69, 9.17) is 0 Å². The van der Waals surface area contributed by atoms with Crippen molar-refractivity contribution in [3.05, 3.63) is 215 Å². The van der Waals surface area contributed by atoms with Crippen molar-refractivity contribution >= 4 is 74.4 Å². The van der Waals surface area contributed by atoms with E-state index in [0.29, 0.717) is 0 Å². The van der Waals surface area contributed by atoms with Gasteiger partial charge in [0.05, 0.1) is 16.9 Å². The first-order chi connectivity index (χ1) is 29.8. The lowest BCUT2D eigenvalue weighted by molar-refractivity contribution is 0.661. The van der Waals surface area contributed by atoms with Crippen LogP contribution in [0.1, 0.15) is 50.1 Å². The number of para-hydroxylation sites is 1. The molecule has 0 atom stereocenters. The van der Waals surface area contributed by atoms with Crippen LogP contribution in [-0.2, 0) is 5.41 Å². The maximum absolute atomic E-state index is 4.34. The van der Waals surface area contributed by atoms with Crippen LogP contribution in [0.3, 0.4) is 0 Å². The number of thioether (sulfide) groups is 2. The van der Waals surface area contributed by atoms with Gasteiger partial charge in [-0.15, -0.1) is 0 Å². The Morgan fingerprint density at radius 2 is 1.34 bits per heavy atom. The molecular weight excluding hydrogens is 777 g/mol. The normalized spacial score (nSPS) is 14.2. The summed E-state index contributed by atoms with van der Waals surface area (Å²) in [5.41, 5.74) is 15.5. The van der Waals surface area contributed by atoms with Gasteiger partial charge in [0, 0.05) is 58.4 Å². The van der Waals surface area contributed by atoms with Crippen LogP contribution in [-0.4, -0.2) is 4.57 Å². The summed E-state index contributed by atoms with van der Waals surface area (Å²) in [7, 11) is 0. The first kappa shape index (κ1) is 38.7. The Morgan fingerprint density at radius 1 is 0.656 bits per heavy atom. The monoisotopic (exact) mass is 822 g/mol. The number of allylic oxidation sites excluding steroid dienone is 5. The Kier molecular flexibility index (Phi) is 9.86. The van der Waals surface area contributed by atoms with Gasteiger partial charge in [-0.2, -0.15) is 0 Å². The van der Waals surface area contributed by atoms with Gasteiger partial charge < -0.3 is 9.47 Å². The van der Waals surface area contributed by atoms with Crippen LogP contribution in [0.15, 0.2) is 203 Å². The van der Waals surface area contributed by atoms with Gasteiger partial charge in [-0.25, -0.2) is 0 Å². The third-order valence-electron chi connectivity index (χ3n) is 12.2. The highest BCUT2D eigenvalue weighted by molar-refractivity contribution is 8.09. The molecule has 0 N–H and O–H groups in total. The highest BCUT2D eigenvalue weighted by atomic mass is 32.2. The standard InChI is InChI=1S/C57H46N2S2/c1-7-10-24-52-37(4)60-53-35-48-46-33-34-47-44(9-3)50(17-8-2)59(56(47)55(46)57(5,6)49(48)36-54(53)61-52)43-31-27-39(28-32-43)38-25-29-42(30-26-38)58(41-20-12-11-13-21-41)51-23-16-19-40-18-14-15-22-45(40)51/h7-36H,1,3H2,2,4-6H3/b17-8-,24-10-. The molecule has 1 aliphatic heterocycles. The fraction of sp³-hybridized carbons (Fsp3) is 0.0877. The molecule has 10 rings (SSSR count). The van der Waals surface area contributed by atoms with E-state index in [1.54, 1.807) is 0 Å². The van der Waals surface area contributed by atoms with Crippen LogP contribution in [0.4, 0.5) is 17.1 Å². The van der Waals surface area contributed by atoms with E-state index in [2.05, 4.69) is 214 Å². The molecular formula is C57H46N2S2. The second-order valence-electron chi connectivity index (χ2n) is 16.2. The lowest BCUT2D eigenvalue weighted by Crippen LogP contribution is -2.17. The smallest absolute Gasteiger partial charge is 0.0588 e. The molecule has 0 saturated heterocycles. The zero-order valence-electron chi connectivity index (χ0n) is 34.9. The predicted molar refractivity (Wildman–Crippen MR) is 267 cm³/mol. The van der Waals surface area contributed by atoms with Crippen LogP contribution in [0, 0.1) is 0 Å². The summed E-state index contributed by atoms with van der Waals surface area (Å²) >= 11 is 3.74. The zero-order chi connectivity index (χ0) is 41.8. The number of hydrogen-bond acceptors (Lipinski definition) is 3. The number of hydrogen-bond donors (Lipinski definition) is 0. The topological polar surface area (TPSA) is 8.17 Å². The van der Waals surface area contributed by atoms with Crippen LogP contribution < -0.4 is 4.90 Å². The number of anilines is 3. The maximum atomic E-state index is 4.34. The highest BCUT2D eigenvalue weighted by Crippen LogP contribution is 2.57. The van der Waals surface area contributed by atoms with E-state index < -0.39 is 0 Å². The van der Waals surface area contributed by atoms with Crippen molar-refractivity contribution in [2.45, 2.75) is 42.9 Å². The van der Waals surface area contributed by atoms with Crippen molar-refractivity contribution in [2.24, 2.45) is 0 Å². The van der Waals surface area contributed by atoms with Crippen LogP contribution in [0.2, 0.25) is 0 Å². The Morgan fingerprint density at radius 3 is 2.08 bits per heavy atom. The van der Waals surface area contributed by atoms with E-state index >= 15 is 0 Å². The van der Waals surface area contributed by atoms with Crippen LogP contribution in [0.5, 0.6) is 0 Å². The molecule has 1 aliphatic carbocycles. The fourth-order valence-electron chi connectivity index (χ4n) is 9.40. The average Bonchev–Trinajstić information content (AvgIpc) is 3.72. The first-order valence-electron chi connectivity index (χ1n) is 20.9. The fourth-order valence-corrected chi connectivity index (χ4v) is 11.6. The van der Waals surface area contributed by atoms with Gasteiger partial charge in [-0.05, 0) is 119 Å². The third-order valence-corrected chi connectivity index (χ3v) is 14.8. The summed E-state index contributed by atoms with van der Waals surface area (Å²) < 4.78 is 2.47. The molecule has 7 aromatic carbocycles. The molecule has 61 heavy (non-hydrogen) atoms. The second kappa shape index (κ2) is 15.5. The lowest BCUT2D eigenvalue weighted by Gasteiger charge is -2.27. The molecule has 4 heteroatoms. The molecule has 0 fully saturated rings. The summed E-state index contributed by atoms with van der Waals surface area (Å²) in [5.74, 6) is 0. The predicted octanol–water partition coefficient (Wildman–Crippen LogP) is 17.1. The molecule has 0 saturated carbocycles.